The minimum absolute atomic E-state index is 0.0467. The van der Waals surface area contributed by atoms with Crippen LogP contribution < -0.4 is 20.7 Å². The van der Waals surface area contributed by atoms with Crippen LogP contribution in [0.25, 0.3) is 0 Å². The van der Waals surface area contributed by atoms with E-state index >= 15 is 0 Å². The number of carbonyl (C=O) groups excluding carboxylic acids is 1. The molecule has 3 N–H and O–H groups in total. The van der Waals surface area contributed by atoms with Crippen molar-refractivity contribution < 1.29 is 23.0 Å². The fourth-order valence-electron chi connectivity index (χ4n) is 6.66. The van der Waals surface area contributed by atoms with E-state index in [2.05, 4.69) is 25.3 Å². The van der Waals surface area contributed by atoms with Gasteiger partial charge in [-0.3, -0.25) is 14.4 Å². The molecule has 4 aliphatic rings. The average molecular weight is 712 g/mol. The average Bonchev–Trinajstić information content (AvgIpc) is 3.72. The Hall–Kier alpha value is -3.23. The molecule has 2 aromatic heterocycles. The number of aryl methyl sites for hydroxylation is 1. The Morgan fingerprint density at radius 2 is 1.96 bits per heavy atom. The van der Waals surface area contributed by atoms with Crippen molar-refractivity contribution in [1.29, 1.82) is 0 Å². The number of nitrogens with zero attached hydrogens (tertiary/aromatic N) is 6. The van der Waals surface area contributed by atoms with E-state index in [4.69, 9.17) is 50.0 Å². The number of rotatable bonds is 4. The lowest BCUT2D eigenvalue weighted by Crippen LogP contribution is -2.29. The van der Waals surface area contributed by atoms with Gasteiger partial charge in [0, 0.05) is 50.3 Å². The second kappa shape index (κ2) is 14.1. The van der Waals surface area contributed by atoms with Crippen LogP contribution in [0.5, 0.6) is 6.01 Å². The van der Waals surface area contributed by atoms with Crippen LogP contribution in [-0.2, 0) is 30.9 Å². The maximum absolute atomic E-state index is 15.0. The largest absolute Gasteiger partial charge is 0.467 e. The molecule has 6 heterocycles. The molecule has 0 radical (unpaired) electrons. The monoisotopic (exact) mass is 710 g/mol. The van der Waals surface area contributed by atoms with Crippen molar-refractivity contribution in [2.45, 2.75) is 63.9 Å². The van der Waals surface area contributed by atoms with Crippen molar-refractivity contribution >= 4 is 52.2 Å². The van der Waals surface area contributed by atoms with Crippen LogP contribution >= 0.6 is 34.8 Å². The van der Waals surface area contributed by atoms with Crippen molar-refractivity contribution in [1.82, 2.24) is 30.0 Å². The van der Waals surface area contributed by atoms with Gasteiger partial charge in [-0.05, 0) is 43.9 Å². The highest BCUT2D eigenvalue weighted by Crippen LogP contribution is 2.42. The fourth-order valence-corrected chi connectivity index (χ4v) is 7.42. The molecule has 2 fully saturated rings. The van der Waals surface area contributed by atoms with Crippen LogP contribution in [0.4, 0.5) is 20.3 Å². The number of amides is 1. The molecule has 7 rings (SSSR count). The number of ether oxygens (including phenoxy) is 2. The number of methoxy groups -OCH3 is 1. The summed E-state index contributed by atoms with van der Waals surface area (Å²) in [6, 6.07) is 2.11. The summed E-state index contributed by atoms with van der Waals surface area (Å²) in [4.78, 5) is 25.8. The summed E-state index contributed by atoms with van der Waals surface area (Å²) in [5.74, 6) is -0.429. The molecular formula is C31H35Cl3F2N8O3. The molecule has 3 aromatic rings. The third-order valence-electron chi connectivity index (χ3n) is 9.01. The van der Waals surface area contributed by atoms with Crippen LogP contribution in [0.15, 0.2) is 18.0 Å². The van der Waals surface area contributed by atoms with Crippen LogP contribution in [0.3, 0.4) is 0 Å². The van der Waals surface area contributed by atoms with Crippen molar-refractivity contribution in [2.75, 3.05) is 44.4 Å². The molecule has 252 valence electrons. The molecule has 16 heteroatoms. The predicted octanol–water partition coefficient (Wildman–Crippen LogP) is 5.66. The first kappa shape index (κ1) is 33.7. The van der Waals surface area contributed by atoms with E-state index in [0.717, 1.165) is 36.9 Å². The molecular weight excluding hydrogens is 677 g/mol. The molecule has 0 spiro atoms. The zero-order valence-corrected chi connectivity index (χ0v) is 28.2. The number of fused-ring (bicyclic) bond motifs is 3. The summed E-state index contributed by atoms with van der Waals surface area (Å²) in [7, 11) is 3.00. The van der Waals surface area contributed by atoms with E-state index in [9.17, 15) is 13.6 Å². The molecule has 0 aliphatic carbocycles. The van der Waals surface area contributed by atoms with Crippen LogP contribution in [0, 0.1) is 5.82 Å². The maximum Gasteiger partial charge on any atom is 0.318 e. The highest BCUT2D eigenvalue weighted by Gasteiger charge is 2.34. The summed E-state index contributed by atoms with van der Waals surface area (Å²) in [6.07, 6.45) is 4.52. The Morgan fingerprint density at radius 3 is 2.68 bits per heavy atom. The fraction of sp³-hybridized carbons (Fsp3) is 0.484. The van der Waals surface area contributed by atoms with Crippen LogP contribution in [0.2, 0.25) is 15.1 Å². The zero-order chi connectivity index (χ0) is 33.4. The molecule has 2 saturated heterocycles. The number of benzene rings is 1. The van der Waals surface area contributed by atoms with Crippen molar-refractivity contribution in [2.24, 2.45) is 0 Å². The van der Waals surface area contributed by atoms with Gasteiger partial charge in [0.1, 0.15) is 5.82 Å². The number of halogens is 5. The zero-order valence-electron chi connectivity index (χ0n) is 26.0. The predicted molar refractivity (Wildman–Crippen MR) is 175 cm³/mol. The Kier molecular flexibility index (Phi) is 10.1. The highest BCUT2D eigenvalue weighted by atomic mass is 35.5. The van der Waals surface area contributed by atoms with E-state index in [1.165, 1.54) is 39.6 Å². The maximum atomic E-state index is 15.0. The first-order chi connectivity index (χ1) is 22.6. The van der Waals surface area contributed by atoms with E-state index in [1.54, 1.807) is 4.68 Å². The molecule has 2 unspecified atom stereocenters. The van der Waals surface area contributed by atoms with E-state index in [1.807, 2.05) is 4.90 Å². The topological polar surface area (TPSA) is 124 Å². The number of nitrogen functional groups attached to an aromatic ring is 1. The van der Waals surface area contributed by atoms with E-state index < -0.39 is 11.9 Å². The van der Waals surface area contributed by atoms with Gasteiger partial charge < -0.3 is 25.4 Å². The SMILES string of the molecule is CNC(=O)c1nn2c(c1Cl)CN(c1nc(OC)nc3c1COC(c1c(F)c(N)cc(Cl)c1Cl)C3)CCC2.F/C=C1/CC2CCCN2C1. The highest BCUT2D eigenvalue weighted by molar-refractivity contribution is 6.42. The van der Waals surface area contributed by atoms with E-state index in [-0.39, 0.29) is 51.9 Å². The Morgan fingerprint density at radius 1 is 1.15 bits per heavy atom. The Bertz CT molecular complexity index is 1680. The normalized spacial score (nSPS) is 21.4. The summed E-state index contributed by atoms with van der Waals surface area (Å²) < 4.78 is 40.2. The molecule has 0 saturated carbocycles. The third kappa shape index (κ3) is 6.60. The summed E-state index contributed by atoms with van der Waals surface area (Å²) in [5.41, 5.74) is 8.98. The van der Waals surface area contributed by atoms with Gasteiger partial charge in [-0.2, -0.15) is 15.1 Å². The number of anilines is 2. The number of nitrogens with two attached hydrogens (primary N) is 1. The molecule has 0 bridgehead atoms. The lowest BCUT2D eigenvalue weighted by Gasteiger charge is -2.31. The lowest BCUT2D eigenvalue weighted by atomic mass is 9.98. The lowest BCUT2D eigenvalue weighted by molar-refractivity contribution is 0.0237. The van der Waals surface area contributed by atoms with Crippen LogP contribution in [-0.4, -0.2) is 70.4 Å². The van der Waals surface area contributed by atoms with Gasteiger partial charge >= 0.3 is 6.01 Å². The van der Waals surface area contributed by atoms with Crippen molar-refractivity contribution in [3.8, 4) is 6.01 Å². The third-order valence-corrected chi connectivity index (χ3v) is 10.2. The van der Waals surface area contributed by atoms with Gasteiger partial charge in [0.25, 0.3) is 5.91 Å². The summed E-state index contributed by atoms with van der Waals surface area (Å²) in [5, 5.41) is 7.44. The second-order valence-electron chi connectivity index (χ2n) is 11.9. The summed E-state index contributed by atoms with van der Waals surface area (Å²) >= 11 is 19.1. The number of aromatic nitrogens is 4. The quantitative estimate of drug-likeness (QED) is 0.261. The smallest absolute Gasteiger partial charge is 0.318 e. The minimum atomic E-state index is -0.761. The first-order valence-electron chi connectivity index (χ1n) is 15.4. The van der Waals surface area contributed by atoms with Gasteiger partial charge in [-0.1, -0.05) is 34.8 Å². The molecule has 11 nitrogen and oxygen atoms in total. The molecule has 1 aromatic carbocycles. The molecule has 47 heavy (non-hydrogen) atoms. The van der Waals surface area contributed by atoms with Gasteiger partial charge in [0.2, 0.25) is 0 Å². The number of hydrogen-bond acceptors (Lipinski definition) is 9. The van der Waals surface area contributed by atoms with Gasteiger partial charge in [0.05, 0.1) is 64.8 Å². The summed E-state index contributed by atoms with van der Waals surface area (Å²) in [6.45, 7) is 3.73. The Balaban J connectivity index is 0.000000327. The Labute approximate surface area is 285 Å². The van der Waals surface area contributed by atoms with Crippen molar-refractivity contribution in [3.63, 3.8) is 0 Å². The number of nitrogens with one attached hydrogen (secondary N) is 1. The molecule has 2 atom stereocenters. The standard InChI is InChI=1S/C23H23Cl3FN7O3.C8H12FN/c1-29-22(35)20-18(26)14-8-33(4-3-5-34(14)32-20)21-10-9-37-15(7-13(10)30-23(31-21)36-2)16-17(25)11(24)6-12(28)19(16)27;9-5-7-4-8-2-1-3-10(8)6-7/h6,15H,3-5,7-9,28H2,1-2H3,(H,29,35);5,8H,1-4,6H2/b;7-5-. The molecule has 1 amide bonds. The minimum Gasteiger partial charge on any atom is -0.467 e. The van der Waals surface area contributed by atoms with Crippen LogP contribution in [0.1, 0.15) is 64.8 Å². The number of carbonyl (C=O) groups is 1. The van der Waals surface area contributed by atoms with Gasteiger partial charge in [0.15, 0.2) is 11.5 Å². The second-order valence-corrected chi connectivity index (χ2v) is 13.0. The number of hydrogen-bond donors (Lipinski definition) is 2. The van der Waals surface area contributed by atoms with Crippen molar-refractivity contribution in [3.05, 3.63) is 67.1 Å². The van der Waals surface area contributed by atoms with Gasteiger partial charge in [-0.25, -0.2) is 8.78 Å². The van der Waals surface area contributed by atoms with E-state index in [0.29, 0.717) is 47.9 Å². The molecule has 4 aliphatic heterocycles. The first-order valence-corrected chi connectivity index (χ1v) is 16.5. The van der Waals surface area contributed by atoms with Gasteiger partial charge in [-0.15, -0.1) is 0 Å².